The first kappa shape index (κ1) is 16.2. The Morgan fingerprint density at radius 1 is 1.16 bits per heavy atom. The first-order valence-corrected chi connectivity index (χ1v) is 9.73. The second-order valence-electron chi connectivity index (χ2n) is 5.53. The standard InChI is InChI=1S/C18H15FN4S2/c19-16-6-5-13(17-15(16)4-1-8-20-17)11-25-18-22-21-12-23(18)9-7-14-3-2-10-24-14/h1-6,8,10,12H,7,9,11H2. The molecule has 0 radical (unpaired) electrons. The third-order valence-electron chi connectivity index (χ3n) is 3.92. The van der Waals surface area contributed by atoms with Crippen molar-refractivity contribution in [2.24, 2.45) is 0 Å². The van der Waals surface area contributed by atoms with Crippen molar-refractivity contribution < 1.29 is 4.39 Å². The van der Waals surface area contributed by atoms with Gasteiger partial charge in [0.2, 0.25) is 0 Å². The highest BCUT2D eigenvalue weighted by molar-refractivity contribution is 7.98. The van der Waals surface area contributed by atoms with Gasteiger partial charge < -0.3 is 4.57 Å². The van der Waals surface area contributed by atoms with Crippen LogP contribution >= 0.6 is 23.1 Å². The molecule has 0 saturated heterocycles. The summed E-state index contributed by atoms with van der Waals surface area (Å²) in [6, 6.07) is 11.0. The zero-order valence-electron chi connectivity index (χ0n) is 13.3. The van der Waals surface area contributed by atoms with Gasteiger partial charge in [0.05, 0.1) is 5.52 Å². The molecule has 0 unspecified atom stereocenters. The molecule has 0 N–H and O–H groups in total. The summed E-state index contributed by atoms with van der Waals surface area (Å²) in [5.74, 6) is 0.432. The van der Waals surface area contributed by atoms with E-state index in [0.29, 0.717) is 16.7 Å². The molecule has 4 rings (SSSR count). The lowest BCUT2D eigenvalue weighted by Gasteiger charge is -2.08. The summed E-state index contributed by atoms with van der Waals surface area (Å²) in [4.78, 5) is 5.69. The number of halogens is 1. The van der Waals surface area contributed by atoms with Crippen LogP contribution in [0.1, 0.15) is 10.4 Å². The van der Waals surface area contributed by atoms with E-state index >= 15 is 0 Å². The van der Waals surface area contributed by atoms with Crippen LogP contribution in [0.15, 0.2) is 59.5 Å². The molecule has 4 nitrogen and oxygen atoms in total. The number of aryl methyl sites for hydroxylation is 2. The first-order chi connectivity index (χ1) is 12.3. The minimum Gasteiger partial charge on any atom is -0.308 e. The Morgan fingerprint density at radius 2 is 2.12 bits per heavy atom. The molecule has 126 valence electrons. The zero-order chi connectivity index (χ0) is 17.1. The predicted molar refractivity (Wildman–Crippen MR) is 99.3 cm³/mol. The number of pyridine rings is 1. The lowest BCUT2D eigenvalue weighted by Crippen LogP contribution is -2.01. The van der Waals surface area contributed by atoms with Crippen molar-refractivity contribution in [1.82, 2.24) is 19.7 Å². The monoisotopic (exact) mass is 370 g/mol. The van der Waals surface area contributed by atoms with Crippen molar-refractivity contribution in [2.45, 2.75) is 23.9 Å². The van der Waals surface area contributed by atoms with Crippen molar-refractivity contribution in [3.8, 4) is 0 Å². The molecule has 4 aromatic rings. The number of hydrogen-bond acceptors (Lipinski definition) is 5. The number of thioether (sulfide) groups is 1. The Balaban J connectivity index is 1.49. The van der Waals surface area contributed by atoms with Crippen LogP contribution in [0, 0.1) is 5.82 Å². The average molecular weight is 370 g/mol. The van der Waals surface area contributed by atoms with Gasteiger partial charge in [-0.1, -0.05) is 23.9 Å². The molecule has 0 aliphatic heterocycles. The fraction of sp³-hybridized carbons (Fsp3) is 0.167. The minimum absolute atomic E-state index is 0.240. The van der Waals surface area contributed by atoms with Gasteiger partial charge >= 0.3 is 0 Å². The van der Waals surface area contributed by atoms with E-state index in [-0.39, 0.29) is 5.82 Å². The summed E-state index contributed by atoms with van der Waals surface area (Å²) in [5, 5.41) is 11.8. The minimum atomic E-state index is -0.240. The quantitative estimate of drug-likeness (QED) is 0.467. The Kier molecular flexibility index (Phi) is 4.76. The van der Waals surface area contributed by atoms with Gasteiger partial charge in [-0.25, -0.2) is 4.39 Å². The number of benzene rings is 1. The fourth-order valence-corrected chi connectivity index (χ4v) is 4.28. The van der Waals surface area contributed by atoms with Crippen molar-refractivity contribution in [3.05, 3.63) is 70.6 Å². The van der Waals surface area contributed by atoms with Crippen LogP contribution in [0.25, 0.3) is 10.9 Å². The number of fused-ring (bicyclic) bond motifs is 1. The maximum atomic E-state index is 13.9. The van der Waals surface area contributed by atoms with E-state index < -0.39 is 0 Å². The second kappa shape index (κ2) is 7.33. The SMILES string of the molecule is Fc1ccc(CSc2nncn2CCc2cccs2)c2ncccc12. The van der Waals surface area contributed by atoms with Crippen LogP contribution in [0.4, 0.5) is 4.39 Å². The molecule has 0 spiro atoms. The van der Waals surface area contributed by atoms with E-state index in [1.54, 1.807) is 53.8 Å². The Bertz CT molecular complexity index is 982. The van der Waals surface area contributed by atoms with E-state index in [2.05, 4.69) is 37.3 Å². The Labute approximate surface area is 152 Å². The Morgan fingerprint density at radius 3 is 3.00 bits per heavy atom. The summed E-state index contributed by atoms with van der Waals surface area (Å²) in [5.41, 5.74) is 1.70. The topological polar surface area (TPSA) is 43.6 Å². The van der Waals surface area contributed by atoms with Crippen LogP contribution in [0.3, 0.4) is 0 Å². The number of hydrogen-bond donors (Lipinski definition) is 0. The third-order valence-corrected chi connectivity index (χ3v) is 5.88. The van der Waals surface area contributed by atoms with Gasteiger partial charge in [0.25, 0.3) is 0 Å². The number of rotatable bonds is 6. The van der Waals surface area contributed by atoms with Gasteiger partial charge in [0, 0.05) is 28.8 Å². The van der Waals surface area contributed by atoms with E-state index in [1.165, 1.54) is 10.9 Å². The van der Waals surface area contributed by atoms with Crippen molar-refractivity contribution in [1.29, 1.82) is 0 Å². The van der Waals surface area contributed by atoms with Crippen molar-refractivity contribution in [3.63, 3.8) is 0 Å². The average Bonchev–Trinajstić information content (AvgIpc) is 3.31. The van der Waals surface area contributed by atoms with Crippen LogP contribution in [0.2, 0.25) is 0 Å². The van der Waals surface area contributed by atoms with E-state index in [9.17, 15) is 4.39 Å². The van der Waals surface area contributed by atoms with Crippen molar-refractivity contribution in [2.75, 3.05) is 0 Å². The largest absolute Gasteiger partial charge is 0.308 e. The van der Waals surface area contributed by atoms with Crippen LogP contribution in [-0.4, -0.2) is 19.7 Å². The summed E-state index contributed by atoms with van der Waals surface area (Å²) in [6.45, 7) is 0.845. The molecule has 0 amide bonds. The van der Waals surface area contributed by atoms with Crippen LogP contribution in [-0.2, 0) is 18.7 Å². The number of aromatic nitrogens is 4. The maximum Gasteiger partial charge on any atom is 0.191 e. The van der Waals surface area contributed by atoms with Gasteiger partial charge in [-0.05, 0) is 41.6 Å². The highest BCUT2D eigenvalue weighted by Crippen LogP contribution is 2.26. The van der Waals surface area contributed by atoms with E-state index in [4.69, 9.17) is 0 Å². The molecule has 3 heterocycles. The van der Waals surface area contributed by atoms with Crippen LogP contribution in [0.5, 0.6) is 0 Å². The van der Waals surface area contributed by atoms with Gasteiger partial charge in [-0.2, -0.15) is 0 Å². The third kappa shape index (κ3) is 3.57. The molecule has 0 saturated carbocycles. The zero-order valence-corrected chi connectivity index (χ0v) is 14.9. The molecule has 25 heavy (non-hydrogen) atoms. The highest BCUT2D eigenvalue weighted by Gasteiger charge is 2.10. The summed E-state index contributed by atoms with van der Waals surface area (Å²) >= 11 is 3.35. The van der Waals surface area contributed by atoms with Crippen molar-refractivity contribution >= 4 is 34.0 Å². The molecule has 1 aromatic carbocycles. The summed E-state index contributed by atoms with van der Waals surface area (Å²) in [6.07, 6.45) is 4.42. The van der Waals surface area contributed by atoms with Gasteiger partial charge in [0.15, 0.2) is 5.16 Å². The Hall–Kier alpha value is -2.25. The first-order valence-electron chi connectivity index (χ1n) is 7.86. The highest BCUT2D eigenvalue weighted by atomic mass is 32.2. The molecule has 0 aliphatic carbocycles. The molecule has 0 bridgehead atoms. The molecule has 0 aliphatic rings. The number of thiophene rings is 1. The lowest BCUT2D eigenvalue weighted by atomic mass is 10.1. The molecule has 0 fully saturated rings. The van der Waals surface area contributed by atoms with Gasteiger partial charge in [-0.15, -0.1) is 21.5 Å². The van der Waals surface area contributed by atoms with Gasteiger partial charge in [-0.3, -0.25) is 4.98 Å². The number of nitrogens with zero attached hydrogens (tertiary/aromatic N) is 4. The molecule has 0 atom stereocenters. The van der Waals surface area contributed by atoms with Gasteiger partial charge in [0.1, 0.15) is 12.1 Å². The normalized spacial score (nSPS) is 11.2. The second-order valence-corrected chi connectivity index (χ2v) is 7.51. The van der Waals surface area contributed by atoms with E-state index in [1.807, 2.05) is 0 Å². The summed E-state index contributed by atoms with van der Waals surface area (Å²) in [7, 11) is 0. The predicted octanol–water partition coefficient (Wildman–Crippen LogP) is 4.56. The smallest absolute Gasteiger partial charge is 0.191 e. The van der Waals surface area contributed by atoms with E-state index in [0.717, 1.165) is 23.7 Å². The summed E-state index contributed by atoms with van der Waals surface area (Å²) < 4.78 is 16.0. The fourth-order valence-electron chi connectivity index (χ4n) is 2.65. The van der Waals surface area contributed by atoms with Crippen LogP contribution < -0.4 is 0 Å². The maximum absolute atomic E-state index is 13.9. The molecule has 7 heteroatoms. The lowest BCUT2D eigenvalue weighted by molar-refractivity contribution is 0.637. The molecule has 3 aromatic heterocycles. The molecular weight excluding hydrogens is 355 g/mol. The molecular formula is C18H15FN4S2.